The predicted octanol–water partition coefficient (Wildman–Crippen LogP) is 4.45. The molecule has 4 rings (SSSR count). The Balaban J connectivity index is 1.36. The van der Waals surface area contributed by atoms with Gasteiger partial charge in [0.15, 0.2) is 0 Å². The zero-order valence-corrected chi connectivity index (χ0v) is 15.3. The molecular formula is C22H20FN3O2. The van der Waals surface area contributed by atoms with Crippen molar-refractivity contribution in [2.45, 2.75) is 12.8 Å². The van der Waals surface area contributed by atoms with Gasteiger partial charge in [-0.15, -0.1) is 0 Å². The molecule has 0 bridgehead atoms. The van der Waals surface area contributed by atoms with Crippen molar-refractivity contribution >= 4 is 17.8 Å². The van der Waals surface area contributed by atoms with E-state index in [4.69, 9.17) is 4.42 Å². The Hall–Kier alpha value is -3.41. The monoisotopic (exact) mass is 377 g/mol. The van der Waals surface area contributed by atoms with Crippen molar-refractivity contribution in [3.8, 4) is 11.3 Å². The molecule has 2 aromatic carbocycles. The Morgan fingerprint density at radius 1 is 1.07 bits per heavy atom. The van der Waals surface area contributed by atoms with Crippen molar-refractivity contribution in [3.63, 3.8) is 0 Å². The molecule has 3 aromatic rings. The number of anilines is 1. The van der Waals surface area contributed by atoms with Crippen LogP contribution in [0, 0.1) is 5.82 Å². The first kappa shape index (κ1) is 18.0. The van der Waals surface area contributed by atoms with Crippen LogP contribution in [-0.2, 0) is 0 Å². The van der Waals surface area contributed by atoms with Crippen molar-refractivity contribution in [1.82, 2.24) is 5.43 Å². The molecule has 5 nitrogen and oxygen atoms in total. The first-order valence-corrected chi connectivity index (χ1v) is 9.23. The first-order valence-electron chi connectivity index (χ1n) is 9.23. The molecule has 0 aliphatic carbocycles. The molecule has 1 saturated heterocycles. The molecule has 1 aliphatic heterocycles. The SMILES string of the molecule is O=C(N/N=C\c1ccc(-c2cccc(F)c2)o1)c1ccc(N2CCCC2)cc1. The minimum absolute atomic E-state index is 0.291. The van der Waals surface area contributed by atoms with E-state index in [2.05, 4.69) is 15.4 Å². The number of nitrogens with zero attached hydrogens (tertiary/aromatic N) is 2. The molecule has 142 valence electrons. The highest BCUT2D eigenvalue weighted by Gasteiger charge is 2.13. The fraction of sp³-hybridized carbons (Fsp3) is 0.182. The minimum Gasteiger partial charge on any atom is -0.455 e. The number of hydrogen-bond donors (Lipinski definition) is 1. The molecule has 0 atom stereocenters. The molecule has 2 heterocycles. The number of amides is 1. The topological polar surface area (TPSA) is 57.8 Å². The number of benzene rings is 2. The van der Waals surface area contributed by atoms with Crippen LogP contribution in [-0.4, -0.2) is 25.2 Å². The molecule has 0 radical (unpaired) electrons. The van der Waals surface area contributed by atoms with Crippen molar-refractivity contribution in [3.05, 3.63) is 77.8 Å². The van der Waals surface area contributed by atoms with Crippen molar-refractivity contribution in [2.75, 3.05) is 18.0 Å². The van der Waals surface area contributed by atoms with Crippen molar-refractivity contribution < 1.29 is 13.6 Å². The largest absolute Gasteiger partial charge is 0.455 e. The van der Waals surface area contributed by atoms with Crippen LogP contribution in [0.3, 0.4) is 0 Å². The van der Waals surface area contributed by atoms with Crippen LogP contribution in [0.15, 0.2) is 70.2 Å². The maximum absolute atomic E-state index is 13.3. The number of furan rings is 1. The number of carbonyl (C=O) groups excluding carboxylic acids is 1. The van der Waals surface area contributed by atoms with Gasteiger partial charge in [-0.1, -0.05) is 12.1 Å². The number of nitrogens with one attached hydrogen (secondary N) is 1. The minimum atomic E-state index is -0.327. The second kappa shape index (κ2) is 8.08. The van der Waals surface area contributed by atoms with Gasteiger partial charge in [-0.25, -0.2) is 9.82 Å². The summed E-state index contributed by atoms with van der Waals surface area (Å²) in [6.07, 6.45) is 3.84. The molecule has 1 amide bonds. The highest BCUT2D eigenvalue weighted by atomic mass is 19.1. The lowest BCUT2D eigenvalue weighted by Gasteiger charge is -2.17. The van der Waals surface area contributed by atoms with E-state index in [0.717, 1.165) is 18.8 Å². The van der Waals surface area contributed by atoms with Crippen LogP contribution in [0.2, 0.25) is 0 Å². The fourth-order valence-electron chi connectivity index (χ4n) is 3.24. The van der Waals surface area contributed by atoms with Crippen LogP contribution < -0.4 is 10.3 Å². The van der Waals surface area contributed by atoms with Gasteiger partial charge < -0.3 is 9.32 Å². The number of rotatable bonds is 5. The van der Waals surface area contributed by atoms with E-state index in [1.165, 1.54) is 31.2 Å². The third kappa shape index (κ3) is 4.11. The van der Waals surface area contributed by atoms with Crippen LogP contribution in [0.25, 0.3) is 11.3 Å². The summed E-state index contributed by atoms with van der Waals surface area (Å²) in [7, 11) is 0. The zero-order valence-electron chi connectivity index (χ0n) is 15.3. The normalized spacial score (nSPS) is 14.0. The smallest absolute Gasteiger partial charge is 0.271 e. The van der Waals surface area contributed by atoms with E-state index in [-0.39, 0.29) is 11.7 Å². The van der Waals surface area contributed by atoms with E-state index in [1.807, 2.05) is 12.1 Å². The van der Waals surface area contributed by atoms with Crippen molar-refractivity contribution in [2.24, 2.45) is 5.10 Å². The van der Waals surface area contributed by atoms with Crippen LogP contribution in [0.5, 0.6) is 0 Å². The molecule has 1 aliphatic rings. The lowest BCUT2D eigenvalue weighted by atomic mass is 10.2. The van der Waals surface area contributed by atoms with Crippen molar-refractivity contribution in [1.29, 1.82) is 0 Å². The summed E-state index contributed by atoms with van der Waals surface area (Å²) >= 11 is 0. The third-order valence-corrected chi connectivity index (χ3v) is 4.69. The van der Waals surface area contributed by atoms with Crippen LogP contribution in [0.4, 0.5) is 10.1 Å². The Bertz CT molecular complexity index is 989. The Kier molecular flexibility index (Phi) is 5.19. The Morgan fingerprint density at radius 2 is 1.86 bits per heavy atom. The lowest BCUT2D eigenvalue weighted by Crippen LogP contribution is -2.19. The average molecular weight is 377 g/mol. The lowest BCUT2D eigenvalue weighted by molar-refractivity contribution is 0.0955. The average Bonchev–Trinajstić information content (AvgIpc) is 3.40. The number of hydrogen-bond acceptors (Lipinski definition) is 4. The quantitative estimate of drug-likeness (QED) is 0.528. The van der Waals surface area contributed by atoms with Gasteiger partial charge in [0.05, 0.1) is 6.21 Å². The number of hydrazone groups is 1. The van der Waals surface area contributed by atoms with Gasteiger partial charge in [-0.05, 0) is 61.4 Å². The Morgan fingerprint density at radius 3 is 2.61 bits per heavy atom. The van der Waals surface area contributed by atoms with Gasteiger partial charge in [0.1, 0.15) is 17.3 Å². The number of carbonyl (C=O) groups is 1. The van der Waals surface area contributed by atoms with Crippen LogP contribution >= 0.6 is 0 Å². The van der Waals surface area contributed by atoms with E-state index in [1.54, 1.807) is 36.4 Å². The number of halogens is 1. The van der Waals surface area contributed by atoms with Gasteiger partial charge in [0.25, 0.3) is 5.91 Å². The molecule has 1 aromatic heterocycles. The molecule has 1 fully saturated rings. The summed E-state index contributed by atoms with van der Waals surface area (Å²) in [5, 5.41) is 3.94. The van der Waals surface area contributed by atoms with Gasteiger partial charge in [-0.2, -0.15) is 5.10 Å². The van der Waals surface area contributed by atoms with E-state index in [0.29, 0.717) is 22.6 Å². The van der Waals surface area contributed by atoms with Crippen LogP contribution in [0.1, 0.15) is 29.0 Å². The highest BCUT2D eigenvalue weighted by molar-refractivity contribution is 5.95. The summed E-state index contributed by atoms with van der Waals surface area (Å²) in [6.45, 7) is 2.13. The van der Waals surface area contributed by atoms with Gasteiger partial charge >= 0.3 is 0 Å². The molecule has 28 heavy (non-hydrogen) atoms. The Labute approximate surface area is 162 Å². The first-order chi connectivity index (χ1) is 13.7. The molecule has 0 saturated carbocycles. The maximum atomic E-state index is 13.3. The molecule has 0 spiro atoms. The highest BCUT2D eigenvalue weighted by Crippen LogP contribution is 2.22. The fourth-order valence-corrected chi connectivity index (χ4v) is 3.24. The summed E-state index contributed by atoms with van der Waals surface area (Å²) < 4.78 is 18.9. The second-order valence-electron chi connectivity index (χ2n) is 6.65. The maximum Gasteiger partial charge on any atom is 0.271 e. The third-order valence-electron chi connectivity index (χ3n) is 4.69. The summed E-state index contributed by atoms with van der Waals surface area (Å²) in [5.41, 5.74) is 4.81. The second-order valence-corrected chi connectivity index (χ2v) is 6.65. The molecule has 6 heteroatoms. The summed E-state index contributed by atoms with van der Waals surface area (Å²) in [6, 6.07) is 17.1. The molecule has 1 N–H and O–H groups in total. The van der Waals surface area contributed by atoms with E-state index < -0.39 is 0 Å². The zero-order chi connectivity index (χ0) is 19.3. The van der Waals surface area contributed by atoms with E-state index >= 15 is 0 Å². The predicted molar refractivity (Wildman–Crippen MR) is 107 cm³/mol. The standard InChI is InChI=1S/C22H20FN3O2/c23-18-5-3-4-17(14-18)21-11-10-20(28-21)15-24-25-22(27)16-6-8-19(9-7-16)26-12-1-2-13-26/h3-11,14-15H,1-2,12-13H2,(H,25,27)/b24-15-. The summed E-state index contributed by atoms with van der Waals surface area (Å²) in [4.78, 5) is 14.5. The van der Waals surface area contributed by atoms with Gasteiger partial charge in [-0.3, -0.25) is 4.79 Å². The van der Waals surface area contributed by atoms with E-state index in [9.17, 15) is 9.18 Å². The van der Waals surface area contributed by atoms with Gasteiger partial charge in [0.2, 0.25) is 0 Å². The molecular weight excluding hydrogens is 357 g/mol. The summed E-state index contributed by atoms with van der Waals surface area (Å²) in [5.74, 6) is 0.377. The van der Waals surface area contributed by atoms with Gasteiger partial charge in [0, 0.05) is 29.9 Å². The molecule has 0 unspecified atom stereocenters.